The summed E-state index contributed by atoms with van der Waals surface area (Å²) in [6.45, 7) is 5.22. The van der Waals surface area contributed by atoms with Crippen LogP contribution in [0.15, 0.2) is 53.0 Å². The van der Waals surface area contributed by atoms with Gasteiger partial charge in [0.25, 0.3) is 0 Å². The first kappa shape index (κ1) is 14.6. The molecule has 0 saturated heterocycles. The van der Waals surface area contributed by atoms with Crippen molar-refractivity contribution in [1.82, 2.24) is 5.32 Å². The fourth-order valence-electron chi connectivity index (χ4n) is 2.86. The second kappa shape index (κ2) is 6.20. The van der Waals surface area contributed by atoms with Gasteiger partial charge >= 0.3 is 0 Å². The van der Waals surface area contributed by atoms with Crippen molar-refractivity contribution in [3.05, 3.63) is 64.1 Å². The molecule has 1 heterocycles. The van der Waals surface area contributed by atoms with Gasteiger partial charge in [0.2, 0.25) is 0 Å². The van der Waals surface area contributed by atoms with Crippen molar-refractivity contribution < 1.29 is 4.74 Å². The summed E-state index contributed by atoms with van der Waals surface area (Å²) in [6.07, 6.45) is 0. The van der Waals surface area contributed by atoms with Crippen LogP contribution in [0, 0.1) is 5.92 Å². The maximum absolute atomic E-state index is 5.82. The molecular formula is C18H20BrNO. The number of hydrogen-bond donors (Lipinski definition) is 1. The molecule has 1 N–H and O–H groups in total. The van der Waals surface area contributed by atoms with Crippen LogP contribution in [0.3, 0.4) is 0 Å². The van der Waals surface area contributed by atoms with Crippen LogP contribution in [0.25, 0.3) is 0 Å². The van der Waals surface area contributed by atoms with E-state index in [4.69, 9.17) is 4.74 Å². The van der Waals surface area contributed by atoms with E-state index in [1.54, 1.807) is 0 Å². The second-order valence-corrected chi connectivity index (χ2v) is 6.66. The van der Waals surface area contributed by atoms with Crippen LogP contribution in [-0.2, 0) is 0 Å². The first-order valence-electron chi connectivity index (χ1n) is 7.38. The highest BCUT2D eigenvalue weighted by atomic mass is 79.9. The zero-order chi connectivity index (χ0) is 14.8. The lowest BCUT2D eigenvalue weighted by molar-refractivity contribution is 0.182. The SMILES string of the molecule is CC(NC1c2ccccc2OCC1C)c1ccc(Br)cc1. The third-order valence-corrected chi connectivity index (χ3v) is 4.65. The number of rotatable bonds is 3. The highest BCUT2D eigenvalue weighted by Gasteiger charge is 2.28. The van der Waals surface area contributed by atoms with Gasteiger partial charge in [-0.05, 0) is 30.7 Å². The summed E-state index contributed by atoms with van der Waals surface area (Å²) in [5, 5.41) is 3.77. The number of benzene rings is 2. The lowest BCUT2D eigenvalue weighted by Gasteiger charge is -2.34. The Morgan fingerprint density at radius 3 is 2.62 bits per heavy atom. The zero-order valence-corrected chi connectivity index (χ0v) is 13.9. The first-order valence-corrected chi connectivity index (χ1v) is 8.17. The predicted molar refractivity (Wildman–Crippen MR) is 89.5 cm³/mol. The topological polar surface area (TPSA) is 21.3 Å². The maximum Gasteiger partial charge on any atom is 0.124 e. The predicted octanol–water partition coefficient (Wildman–Crippen LogP) is 4.87. The van der Waals surface area contributed by atoms with Crippen LogP contribution >= 0.6 is 15.9 Å². The largest absolute Gasteiger partial charge is 0.493 e. The van der Waals surface area contributed by atoms with Gasteiger partial charge in [-0.15, -0.1) is 0 Å². The number of halogens is 1. The van der Waals surface area contributed by atoms with E-state index in [2.05, 4.69) is 77.6 Å². The van der Waals surface area contributed by atoms with E-state index in [1.165, 1.54) is 11.1 Å². The Morgan fingerprint density at radius 1 is 1.14 bits per heavy atom. The van der Waals surface area contributed by atoms with Crippen LogP contribution in [0.1, 0.15) is 37.1 Å². The molecule has 3 unspecified atom stereocenters. The molecule has 3 heteroatoms. The van der Waals surface area contributed by atoms with E-state index in [0.29, 0.717) is 18.0 Å². The maximum atomic E-state index is 5.82. The zero-order valence-electron chi connectivity index (χ0n) is 12.3. The number of ether oxygens (including phenoxy) is 1. The lowest BCUT2D eigenvalue weighted by Crippen LogP contribution is -2.35. The summed E-state index contributed by atoms with van der Waals surface area (Å²) in [6, 6.07) is 17.5. The molecule has 3 rings (SSSR count). The van der Waals surface area contributed by atoms with Gasteiger partial charge in [-0.25, -0.2) is 0 Å². The molecule has 0 radical (unpaired) electrons. The summed E-state index contributed by atoms with van der Waals surface area (Å²) in [5.74, 6) is 1.47. The molecule has 0 aromatic heterocycles. The number of fused-ring (bicyclic) bond motifs is 1. The molecule has 2 nitrogen and oxygen atoms in total. The summed E-state index contributed by atoms with van der Waals surface area (Å²) in [7, 11) is 0. The van der Waals surface area contributed by atoms with Crippen LogP contribution in [0.4, 0.5) is 0 Å². The van der Waals surface area contributed by atoms with E-state index in [0.717, 1.165) is 16.8 Å². The minimum atomic E-state index is 0.303. The van der Waals surface area contributed by atoms with Gasteiger partial charge in [0, 0.05) is 28.0 Å². The van der Waals surface area contributed by atoms with Gasteiger partial charge in [0.05, 0.1) is 6.61 Å². The normalized spacial score (nSPS) is 22.2. The van der Waals surface area contributed by atoms with E-state index in [9.17, 15) is 0 Å². The quantitative estimate of drug-likeness (QED) is 0.856. The van der Waals surface area contributed by atoms with Crippen molar-refractivity contribution in [2.24, 2.45) is 5.92 Å². The van der Waals surface area contributed by atoms with Crippen molar-refractivity contribution in [3.8, 4) is 5.75 Å². The second-order valence-electron chi connectivity index (χ2n) is 5.74. The van der Waals surface area contributed by atoms with Crippen molar-refractivity contribution in [2.45, 2.75) is 25.9 Å². The Kier molecular flexibility index (Phi) is 4.32. The number of nitrogens with one attached hydrogen (secondary N) is 1. The van der Waals surface area contributed by atoms with Crippen molar-refractivity contribution >= 4 is 15.9 Å². The molecule has 0 spiro atoms. The molecule has 0 bridgehead atoms. The van der Waals surface area contributed by atoms with Crippen LogP contribution in [0.2, 0.25) is 0 Å². The number of hydrogen-bond acceptors (Lipinski definition) is 2. The molecule has 1 aliphatic rings. The Bertz CT molecular complexity index is 611. The summed E-state index contributed by atoms with van der Waals surface area (Å²) >= 11 is 3.49. The average molecular weight is 346 g/mol. The average Bonchev–Trinajstić information content (AvgIpc) is 2.51. The van der Waals surface area contributed by atoms with Gasteiger partial charge in [-0.1, -0.05) is 53.2 Å². The van der Waals surface area contributed by atoms with Gasteiger partial charge in [-0.3, -0.25) is 0 Å². The molecule has 2 aromatic rings. The monoisotopic (exact) mass is 345 g/mol. The molecule has 0 saturated carbocycles. The van der Waals surface area contributed by atoms with Gasteiger partial charge < -0.3 is 10.1 Å². The third kappa shape index (κ3) is 3.14. The van der Waals surface area contributed by atoms with E-state index < -0.39 is 0 Å². The highest BCUT2D eigenvalue weighted by Crippen LogP contribution is 2.36. The summed E-state index contributed by atoms with van der Waals surface area (Å²) in [4.78, 5) is 0. The Hall–Kier alpha value is -1.32. The van der Waals surface area contributed by atoms with Crippen molar-refractivity contribution in [3.63, 3.8) is 0 Å². The van der Waals surface area contributed by atoms with Crippen LogP contribution < -0.4 is 10.1 Å². The fraction of sp³-hybridized carbons (Fsp3) is 0.333. The molecule has 3 atom stereocenters. The van der Waals surface area contributed by atoms with E-state index >= 15 is 0 Å². The fourth-order valence-corrected chi connectivity index (χ4v) is 3.13. The van der Waals surface area contributed by atoms with Crippen LogP contribution in [0.5, 0.6) is 5.75 Å². The standard InChI is InChI=1S/C18H20BrNO/c1-12-11-21-17-6-4-3-5-16(17)18(12)20-13(2)14-7-9-15(19)10-8-14/h3-10,12-13,18,20H,11H2,1-2H3. The Balaban J connectivity index is 1.82. The van der Waals surface area contributed by atoms with E-state index in [1.807, 2.05) is 6.07 Å². The minimum absolute atomic E-state index is 0.303. The van der Waals surface area contributed by atoms with Gasteiger partial charge in [0.1, 0.15) is 5.75 Å². The molecule has 0 fully saturated rings. The van der Waals surface area contributed by atoms with Crippen molar-refractivity contribution in [1.29, 1.82) is 0 Å². The Morgan fingerprint density at radius 2 is 1.86 bits per heavy atom. The molecule has 0 amide bonds. The first-order chi connectivity index (χ1) is 10.1. The molecular weight excluding hydrogens is 326 g/mol. The minimum Gasteiger partial charge on any atom is -0.493 e. The third-order valence-electron chi connectivity index (χ3n) is 4.12. The van der Waals surface area contributed by atoms with Crippen LogP contribution in [-0.4, -0.2) is 6.61 Å². The van der Waals surface area contributed by atoms with Gasteiger partial charge in [-0.2, -0.15) is 0 Å². The highest BCUT2D eigenvalue weighted by molar-refractivity contribution is 9.10. The molecule has 110 valence electrons. The lowest BCUT2D eigenvalue weighted by atomic mass is 9.91. The Labute approximate surface area is 134 Å². The van der Waals surface area contributed by atoms with Crippen molar-refractivity contribution in [2.75, 3.05) is 6.61 Å². The molecule has 1 aliphatic heterocycles. The number of para-hydroxylation sites is 1. The summed E-state index contributed by atoms with van der Waals surface area (Å²) < 4.78 is 6.94. The molecule has 0 aliphatic carbocycles. The molecule has 21 heavy (non-hydrogen) atoms. The van der Waals surface area contributed by atoms with E-state index in [-0.39, 0.29) is 0 Å². The smallest absolute Gasteiger partial charge is 0.124 e. The molecule has 2 aromatic carbocycles. The summed E-state index contributed by atoms with van der Waals surface area (Å²) in [5.41, 5.74) is 2.56. The van der Waals surface area contributed by atoms with Gasteiger partial charge in [0.15, 0.2) is 0 Å².